The van der Waals surface area contributed by atoms with Crippen LogP contribution in [0.5, 0.6) is 0 Å². The number of H-pyrrole nitrogens is 1. The number of aryl methyl sites for hydroxylation is 2. The average Bonchev–Trinajstić information content (AvgIpc) is 2.99. The minimum absolute atomic E-state index is 0.317. The van der Waals surface area contributed by atoms with E-state index in [4.69, 9.17) is 0 Å². The Morgan fingerprint density at radius 2 is 1.66 bits per heavy atom. The first-order valence-electron chi connectivity index (χ1n) is 9.07. The highest BCUT2D eigenvalue weighted by atomic mass is 19.4. The molecule has 0 spiro atoms. The molecule has 2 aromatic carbocycles. The Kier molecular flexibility index (Phi) is 4.53. The molecular weight excluding hydrogens is 379 g/mol. The third-order valence-corrected chi connectivity index (χ3v) is 4.93. The number of fused-ring (bicyclic) bond motifs is 1. The second-order valence-electron chi connectivity index (χ2n) is 7.09. The van der Waals surface area contributed by atoms with Crippen molar-refractivity contribution in [2.75, 3.05) is 0 Å². The molecule has 0 saturated carbocycles. The maximum Gasteiger partial charge on any atom is 0.416 e. The molecule has 2 heterocycles. The summed E-state index contributed by atoms with van der Waals surface area (Å²) in [6, 6.07) is 14.1. The molecule has 0 aliphatic heterocycles. The van der Waals surface area contributed by atoms with E-state index >= 15 is 0 Å². The number of aromatic amines is 1. The lowest BCUT2D eigenvalue weighted by Crippen LogP contribution is -2.14. The van der Waals surface area contributed by atoms with Gasteiger partial charge in [-0.3, -0.25) is 9.89 Å². The van der Waals surface area contributed by atoms with Crippen LogP contribution in [0.1, 0.15) is 27.9 Å². The van der Waals surface area contributed by atoms with E-state index in [2.05, 4.69) is 10.1 Å². The fourth-order valence-corrected chi connectivity index (χ4v) is 3.30. The van der Waals surface area contributed by atoms with Gasteiger partial charge >= 0.3 is 6.18 Å². The maximum atomic E-state index is 12.8. The first kappa shape index (κ1) is 19.0. The molecule has 4 aromatic rings. The second-order valence-corrected chi connectivity index (χ2v) is 7.09. The molecule has 0 unspecified atom stereocenters. The van der Waals surface area contributed by atoms with Crippen molar-refractivity contribution in [3.05, 3.63) is 92.9 Å². The van der Waals surface area contributed by atoms with Gasteiger partial charge in [0.05, 0.1) is 11.3 Å². The van der Waals surface area contributed by atoms with Gasteiger partial charge in [-0.05, 0) is 31.5 Å². The Hall–Kier alpha value is -3.35. The van der Waals surface area contributed by atoms with Crippen LogP contribution >= 0.6 is 0 Å². The van der Waals surface area contributed by atoms with E-state index in [1.54, 1.807) is 0 Å². The Morgan fingerprint density at radius 1 is 1.00 bits per heavy atom. The Morgan fingerprint density at radius 3 is 2.28 bits per heavy atom. The van der Waals surface area contributed by atoms with Crippen LogP contribution in [0, 0.1) is 13.8 Å². The van der Waals surface area contributed by atoms with Crippen LogP contribution in [0.2, 0.25) is 0 Å². The van der Waals surface area contributed by atoms with Gasteiger partial charge in [0, 0.05) is 29.3 Å². The summed E-state index contributed by atoms with van der Waals surface area (Å²) in [5.74, 6) is 0. The summed E-state index contributed by atoms with van der Waals surface area (Å²) in [5, 5.41) is 3.03. The molecule has 0 radical (unpaired) electrons. The number of nitrogens with zero attached hydrogens (tertiary/aromatic N) is 2. The van der Waals surface area contributed by atoms with Crippen LogP contribution in [0.4, 0.5) is 13.2 Å². The fraction of sp³-hybridized carbons (Fsp3) is 0.182. The van der Waals surface area contributed by atoms with Gasteiger partial charge in [-0.15, -0.1) is 0 Å². The van der Waals surface area contributed by atoms with Crippen LogP contribution in [-0.2, 0) is 12.6 Å². The second kappa shape index (κ2) is 6.92. The molecule has 1 N–H and O–H groups in total. The summed E-state index contributed by atoms with van der Waals surface area (Å²) in [5.41, 5.74) is 4.15. The number of rotatable bonds is 3. The normalized spacial score (nSPS) is 11.9. The molecule has 148 valence electrons. The average molecular weight is 397 g/mol. The first-order chi connectivity index (χ1) is 13.7. The smallest absolute Gasteiger partial charge is 0.294 e. The minimum Gasteiger partial charge on any atom is -0.294 e. The van der Waals surface area contributed by atoms with Crippen molar-refractivity contribution in [2.45, 2.75) is 26.4 Å². The number of nitrogens with one attached hydrogen (secondary N) is 1. The van der Waals surface area contributed by atoms with E-state index in [-0.39, 0.29) is 5.56 Å². The van der Waals surface area contributed by atoms with E-state index in [0.29, 0.717) is 23.3 Å². The van der Waals surface area contributed by atoms with Gasteiger partial charge in [-0.2, -0.15) is 13.2 Å². The van der Waals surface area contributed by atoms with Crippen molar-refractivity contribution in [1.82, 2.24) is 14.6 Å². The first-order valence-corrected chi connectivity index (χ1v) is 9.07. The van der Waals surface area contributed by atoms with Crippen LogP contribution in [-0.4, -0.2) is 14.6 Å². The Balaban J connectivity index is 1.79. The molecule has 4 nitrogen and oxygen atoms in total. The zero-order valence-electron chi connectivity index (χ0n) is 15.8. The Labute approximate surface area is 164 Å². The quantitative estimate of drug-likeness (QED) is 0.534. The van der Waals surface area contributed by atoms with Gasteiger partial charge in [0.25, 0.3) is 5.56 Å². The summed E-state index contributed by atoms with van der Waals surface area (Å²) in [6.07, 6.45) is -3.82. The van der Waals surface area contributed by atoms with Crippen molar-refractivity contribution < 1.29 is 13.2 Å². The number of alkyl halides is 3. The number of hydrogen-bond acceptors (Lipinski definition) is 2. The third kappa shape index (κ3) is 3.68. The van der Waals surface area contributed by atoms with Gasteiger partial charge < -0.3 is 0 Å². The summed E-state index contributed by atoms with van der Waals surface area (Å²) >= 11 is 0. The van der Waals surface area contributed by atoms with E-state index in [9.17, 15) is 18.0 Å². The lowest BCUT2D eigenvalue weighted by atomic mass is 10.0. The molecule has 0 atom stereocenters. The summed E-state index contributed by atoms with van der Waals surface area (Å²) in [4.78, 5) is 17.2. The molecule has 0 aliphatic rings. The molecule has 4 rings (SSSR count). The molecule has 7 heteroatoms. The number of aromatic nitrogens is 3. The summed E-state index contributed by atoms with van der Waals surface area (Å²) in [6.45, 7) is 3.88. The largest absolute Gasteiger partial charge is 0.416 e. The lowest BCUT2D eigenvalue weighted by Gasteiger charge is -2.08. The SMILES string of the molecule is Cc1ccc(Cc2c(C)[nH]n3c(=O)cc(-c4ccc(C(F)(F)F)cc4)nc23)cc1. The fourth-order valence-electron chi connectivity index (χ4n) is 3.30. The van der Waals surface area contributed by atoms with Crippen LogP contribution in [0.3, 0.4) is 0 Å². The zero-order valence-corrected chi connectivity index (χ0v) is 15.8. The van der Waals surface area contributed by atoms with E-state index in [0.717, 1.165) is 34.5 Å². The minimum atomic E-state index is -4.41. The standard InChI is InChI=1S/C22H18F3N3O/c1-13-3-5-15(6-4-13)11-18-14(2)27-28-20(29)12-19(26-21(18)28)16-7-9-17(10-8-16)22(23,24)25/h3-10,12,27H,11H2,1-2H3. The molecule has 0 amide bonds. The highest BCUT2D eigenvalue weighted by Crippen LogP contribution is 2.30. The van der Waals surface area contributed by atoms with Crippen molar-refractivity contribution in [2.24, 2.45) is 0 Å². The molecule has 0 aliphatic carbocycles. The molecule has 0 saturated heterocycles. The van der Waals surface area contributed by atoms with Gasteiger partial charge in [0.2, 0.25) is 0 Å². The van der Waals surface area contributed by atoms with Crippen LogP contribution in [0.15, 0.2) is 59.4 Å². The van der Waals surface area contributed by atoms with E-state index < -0.39 is 11.7 Å². The number of benzene rings is 2. The van der Waals surface area contributed by atoms with Crippen molar-refractivity contribution in [3.8, 4) is 11.3 Å². The topological polar surface area (TPSA) is 50.2 Å². The van der Waals surface area contributed by atoms with Gasteiger partial charge in [-0.25, -0.2) is 9.50 Å². The molecule has 0 fully saturated rings. The highest BCUT2D eigenvalue weighted by Gasteiger charge is 2.30. The predicted octanol–water partition coefficient (Wildman–Crippen LogP) is 4.92. The van der Waals surface area contributed by atoms with Gasteiger partial charge in [-0.1, -0.05) is 42.0 Å². The highest BCUT2D eigenvalue weighted by molar-refractivity contribution is 5.64. The van der Waals surface area contributed by atoms with Gasteiger partial charge in [0.15, 0.2) is 5.65 Å². The van der Waals surface area contributed by atoms with Crippen molar-refractivity contribution in [3.63, 3.8) is 0 Å². The predicted molar refractivity (Wildman–Crippen MR) is 105 cm³/mol. The lowest BCUT2D eigenvalue weighted by molar-refractivity contribution is -0.137. The van der Waals surface area contributed by atoms with Crippen LogP contribution < -0.4 is 5.56 Å². The maximum absolute atomic E-state index is 12.8. The molecule has 29 heavy (non-hydrogen) atoms. The van der Waals surface area contributed by atoms with Crippen LogP contribution in [0.25, 0.3) is 16.9 Å². The monoisotopic (exact) mass is 397 g/mol. The zero-order chi connectivity index (χ0) is 20.8. The molecule has 2 aromatic heterocycles. The molecule has 0 bridgehead atoms. The number of halogens is 3. The molecular formula is C22H18F3N3O. The Bertz CT molecular complexity index is 1230. The van der Waals surface area contributed by atoms with Crippen molar-refractivity contribution >= 4 is 5.65 Å². The van der Waals surface area contributed by atoms with Crippen molar-refractivity contribution in [1.29, 1.82) is 0 Å². The summed E-state index contributed by atoms with van der Waals surface area (Å²) < 4.78 is 39.8. The van der Waals surface area contributed by atoms with E-state index in [1.807, 2.05) is 38.1 Å². The third-order valence-electron chi connectivity index (χ3n) is 4.93. The van der Waals surface area contributed by atoms with E-state index in [1.165, 1.54) is 22.7 Å². The summed E-state index contributed by atoms with van der Waals surface area (Å²) in [7, 11) is 0. The van der Waals surface area contributed by atoms with Gasteiger partial charge in [0.1, 0.15) is 0 Å². The number of hydrogen-bond donors (Lipinski definition) is 1.